The number of nitrogens with two attached hydrogens (primary N) is 1. The summed E-state index contributed by atoms with van der Waals surface area (Å²) in [4.78, 5) is 8.15. The van der Waals surface area contributed by atoms with E-state index in [0.29, 0.717) is 18.2 Å². The van der Waals surface area contributed by atoms with Gasteiger partial charge in [0.1, 0.15) is 11.9 Å². The lowest BCUT2D eigenvalue weighted by Crippen LogP contribution is -2.10. The van der Waals surface area contributed by atoms with E-state index < -0.39 is 0 Å². The number of nitrogens with zero attached hydrogens (tertiary/aromatic N) is 4. The molecule has 2 aromatic rings. The highest BCUT2D eigenvalue weighted by Gasteiger charge is 2.03. The quantitative estimate of drug-likeness (QED) is 0.572. The third kappa shape index (κ3) is 1.99. The van der Waals surface area contributed by atoms with Crippen molar-refractivity contribution in [2.75, 3.05) is 5.43 Å². The highest BCUT2D eigenvalue weighted by atomic mass is 15.2. The topological polar surface area (TPSA) is 92.5 Å². The molecule has 0 bridgehead atoms. The Hall–Kier alpha value is -2.39. The monoisotopic (exact) mass is 214 g/mol. The number of hydrogen-bond acceptors (Lipinski definition) is 5. The molecule has 3 N–H and O–H groups in total. The zero-order valence-electron chi connectivity index (χ0n) is 8.46. The zero-order chi connectivity index (χ0) is 11.4. The summed E-state index contributed by atoms with van der Waals surface area (Å²) in [6.45, 7) is 0.498. The molecule has 0 aliphatic heterocycles. The van der Waals surface area contributed by atoms with Crippen LogP contribution in [0.3, 0.4) is 0 Å². The second kappa shape index (κ2) is 4.42. The Labute approximate surface area is 92.3 Å². The van der Waals surface area contributed by atoms with Crippen molar-refractivity contribution in [3.8, 4) is 6.07 Å². The summed E-state index contributed by atoms with van der Waals surface area (Å²) < 4.78 is 1.72. The summed E-state index contributed by atoms with van der Waals surface area (Å²) in [6, 6.07) is 7.49. The van der Waals surface area contributed by atoms with Crippen LogP contribution in [0.25, 0.3) is 0 Å². The number of hydrogen-bond donors (Lipinski definition) is 2. The van der Waals surface area contributed by atoms with E-state index >= 15 is 0 Å². The molecule has 0 aromatic carbocycles. The van der Waals surface area contributed by atoms with Crippen molar-refractivity contribution in [1.29, 1.82) is 5.26 Å². The molecule has 6 nitrogen and oxygen atoms in total. The highest BCUT2D eigenvalue weighted by Crippen LogP contribution is 2.06. The van der Waals surface area contributed by atoms with Gasteiger partial charge in [-0.15, -0.1) is 0 Å². The van der Waals surface area contributed by atoms with E-state index in [1.54, 1.807) is 23.0 Å². The molecular weight excluding hydrogens is 204 g/mol. The third-order valence-corrected chi connectivity index (χ3v) is 2.10. The second-order valence-electron chi connectivity index (χ2n) is 3.15. The predicted octanol–water partition coefficient (Wildman–Crippen LogP) is 0.484. The van der Waals surface area contributed by atoms with Crippen LogP contribution in [0.1, 0.15) is 11.5 Å². The van der Waals surface area contributed by atoms with Gasteiger partial charge in [-0.1, -0.05) is 6.07 Å². The summed E-state index contributed by atoms with van der Waals surface area (Å²) in [5, 5.41) is 8.80. The molecule has 0 atom stereocenters. The predicted molar refractivity (Wildman–Crippen MR) is 58.1 cm³/mol. The Kier molecular flexibility index (Phi) is 2.80. The van der Waals surface area contributed by atoms with Crippen molar-refractivity contribution in [3.05, 3.63) is 42.1 Å². The Bertz CT molecular complexity index is 524. The number of hydrazine groups is 1. The fourth-order valence-corrected chi connectivity index (χ4v) is 1.37. The van der Waals surface area contributed by atoms with E-state index in [2.05, 4.69) is 15.4 Å². The lowest BCUT2D eigenvalue weighted by atomic mass is 10.3. The van der Waals surface area contributed by atoms with Crippen LogP contribution in [-0.2, 0) is 6.54 Å². The van der Waals surface area contributed by atoms with Gasteiger partial charge >= 0.3 is 0 Å². The van der Waals surface area contributed by atoms with Crippen molar-refractivity contribution in [3.63, 3.8) is 0 Å². The molecule has 2 rings (SSSR count). The van der Waals surface area contributed by atoms with Gasteiger partial charge in [-0.05, 0) is 12.1 Å². The normalized spacial score (nSPS) is 9.75. The van der Waals surface area contributed by atoms with E-state index in [0.717, 1.165) is 5.69 Å². The fraction of sp³-hybridized carbons (Fsp3) is 0.100. The van der Waals surface area contributed by atoms with Crippen LogP contribution < -0.4 is 11.3 Å². The third-order valence-electron chi connectivity index (χ3n) is 2.10. The van der Waals surface area contributed by atoms with Crippen molar-refractivity contribution in [2.45, 2.75) is 6.54 Å². The maximum absolute atomic E-state index is 8.80. The van der Waals surface area contributed by atoms with E-state index in [9.17, 15) is 0 Å². The number of pyridine rings is 1. The molecule has 0 saturated heterocycles. The minimum absolute atomic E-state index is 0.368. The Morgan fingerprint density at radius 1 is 1.50 bits per heavy atom. The smallest absolute Gasteiger partial charge is 0.213 e. The molecule has 0 aliphatic carbocycles. The van der Waals surface area contributed by atoms with E-state index in [-0.39, 0.29) is 0 Å². The molecule has 0 spiro atoms. The molecule has 80 valence electrons. The van der Waals surface area contributed by atoms with Crippen LogP contribution in [0.5, 0.6) is 0 Å². The molecule has 0 radical (unpaired) electrons. The number of rotatable bonds is 3. The van der Waals surface area contributed by atoms with Crippen LogP contribution in [0, 0.1) is 11.3 Å². The Morgan fingerprint density at radius 2 is 2.38 bits per heavy atom. The number of nitriles is 1. The number of nitrogen functional groups attached to an aromatic ring is 1. The van der Waals surface area contributed by atoms with Gasteiger partial charge in [0.2, 0.25) is 5.82 Å². The van der Waals surface area contributed by atoms with Crippen molar-refractivity contribution in [1.82, 2.24) is 14.5 Å². The van der Waals surface area contributed by atoms with Gasteiger partial charge in [0.05, 0.1) is 12.2 Å². The van der Waals surface area contributed by atoms with Gasteiger partial charge in [-0.2, -0.15) is 5.26 Å². The first-order valence-electron chi connectivity index (χ1n) is 4.67. The first-order valence-corrected chi connectivity index (χ1v) is 4.67. The number of anilines is 1. The Morgan fingerprint density at radius 3 is 3.12 bits per heavy atom. The fourth-order valence-electron chi connectivity index (χ4n) is 1.37. The van der Waals surface area contributed by atoms with Crippen LogP contribution in [-0.4, -0.2) is 14.5 Å². The van der Waals surface area contributed by atoms with Gasteiger partial charge in [-0.3, -0.25) is 0 Å². The van der Waals surface area contributed by atoms with Crippen LogP contribution in [0.2, 0.25) is 0 Å². The SMILES string of the molecule is N#Cc1nccn1Cc1cccc(NN)n1. The first kappa shape index (κ1) is 10.1. The standard InChI is InChI=1S/C10H10N6/c11-6-10-13-4-5-16(10)7-8-2-1-3-9(14-8)15-12/h1-5H,7,12H2,(H,14,15). The average Bonchev–Trinajstić information content (AvgIpc) is 2.76. The van der Waals surface area contributed by atoms with Gasteiger partial charge in [-0.25, -0.2) is 15.8 Å². The van der Waals surface area contributed by atoms with Gasteiger partial charge in [0.25, 0.3) is 0 Å². The maximum atomic E-state index is 8.80. The number of nitrogens with one attached hydrogen (secondary N) is 1. The molecule has 0 amide bonds. The lowest BCUT2D eigenvalue weighted by molar-refractivity contribution is 0.760. The van der Waals surface area contributed by atoms with Gasteiger partial charge in [0.15, 0.2) is 0 Å². The summed E-state index contributed by atoms with van der Waals surface area (Å²) in [5.41, 5.74) is 3.28. The van der Waals surface area contributed by atoms with Crippen LogP contribution in [0.15, 0.2) is 30.6 Å². The first-order chi connectivity index (χ1) is 7.83. The molecule has 16 heavy (non-hydrogen) atoms. The van der Waals surface area contributed by atoms with E-state index in [1.165, 1.54) is 0 Å². The Balaban J connectivity index is 2.24. The molecule has 2 aromatic heterocycles. The van der Waals surface area contributed by atoms with E-state index in [1.807, 2.05) is 18.2 Å². The maximum Gasteiger partial charge on any atom is 0.213 e. The minimum Gasteiger partial charge on any atom is -0.317 e. The summed E-state index contributed by atoms with van der Waals surface area (Å²) >= 11 is 0. The summed E-state index contributed by atoms with van der Waals surface area (Å²) in [7, 11) is 0. The van der Waals surface area contributed by atoms with Crippen molar-refractivity contribution < 1.29 is 0 Å². The second-order valence-corrected chi connectivity index (χ2v) is 3.15. The van der Waals surface area contributed by atoms with Crippen LogP contribution in [0.4, 0.5) is 5.82 Å². The molecule has 2 heterocycles. The number of imidazole rings is 1. The van der Waals surface area contributed by atoms with Gasteiger partial charge in [0, 0.05) is 12.4 Å². The molecular formula is C10H10N6. The molecule has 6 heteroatoms. The minimum atomic E-state index is 0.368. The molecule has 0 fully saturated rings. The summed E-state index contributed by atoms with van der Waals surface area (Å²) in [6.07, 6.45) is 3.33. The molecule has 0 saturated carbocycles. The summed E-state index contributed by atoms with van der Waals surface area (Å²) in [5.74, 6) is 6.23. The number of aromatic nitrogens is 3. The van der Waals surface area contributed by atoms with Crippen LogP contribution >= 0.6 is 0 Å². The van der Waals surface area contributed by atoms with Crippen molar-refractivity contribution in [2.24, 2.45) is 5.84 Å². The highest BCUT2D eigenvalue weighted by molar-refractivity contribution is 5.33. The average molecular weight is 214 g/mol. The van der Waals surface area contributed by atoms with E-state index in [4.69, 9.17) is 11.1 Å². The van der Waals surface area contributed by atoms with Gasteiger partial charge < -0.3 is 9.99 Å². The lowest BCUT2D eigenvalue weighted by Gasteiger charge is -2.05. The van der Waals surface area contributed by atoms with Crippen molar-refractivity contribution >= 4 is 5.82 Å². The largest absolute Gasteiger partial charge is 0.317 e. The zero-order valence-corrected chi connectivity index (χ0v) is 8.46. The molecule has 0 aliphatic rings. The molecule has 0 unspecified atom stereocenters.